The highest BCUT2D eigenvalue weighted by molar-refractivity contribution is 6.32. The molecule has 0 radical (unpaired) electrons. The molecule has 0 aliphatic rings. The summed E-state index contributed by atoms with van der Waals surface area (Å²) < 4.78 is 10.7. The van der Waals surface area contributed by atoms with Crippen molar-refractivity contribution in [2.75, 3.05) is 20.3 Å². The van der Waals surface area contributed by atoms with Gasteiger partial charge in [-0.05, 0) is 36.2 Å². The van der Waals surface area contributed by atoms with E-state index in [4.69, 9.17) is 21.1 Å². The summed E-state index contributed by atoms with van der Waals surface area (Å²) >= 11 is 6.03. The van der Waals surface area contributed by atoms with E-state index in [0.717, 1.165) is 17.7 Å². The largest absolute Gasteiger partial charge is 0.497 e. The highest BCUT2D eigenvalue weighted by Crippen LogP contribution is 2.23. The van der Waals surface area contributed by atoms with E-state index in [0.29, 0.717) is 17.3 Å². The van der Waals surface area contributed by atoms with E-state index in [1.165, 1.54) is 0 Å². The first-order chi connectivity index (χ1) is 11.6. The zero-order valence-electron chi connectivity index (χ0n) is 14.0. The van der Waals surface area contributed by atoms with Crippen LogP contribution in [0.4, 0.5) is 0 Å². The van der Waals surface area contributed by atoms with Crippen LogP contribution in [0, 0.1) is 0 Å². The van der Waals surface area contributed by atoms with Gasteiger partial charge in [0.1, 0.15) is 24.2 Å². The van der Waals surface area contributed by atoms with Crippen molar-refractivity contribution in [3.8, 4) is 11.5 Å². The number of methoxy groups -OCH3 is 1. The molecule has 2 atom stereocenters. The number of halogens is 1. The van der Waals surface area contributed by atoms with E-state index in [-0.39, 0.29) is 12.6 Å². The molecule has 2 aromatic carbocycles. The van der Waals surface area contributed by atoms with Crippen LogP contribution in [0.2, 0.25) is 5.02 Å². The van der Waals surface area contributed by atoms with E-state index in [9.17, 15) is 5.11 Å². The first kappa shape index (κ1) is 18.6. The van der Waals surface area contributed by atoms with Crippen molar-refractivity contribution in [1.82, 2.24) is 5.32 Å². The van der Waals surface area contributed by atoms with Crippen molar-refractivity contribution < 1.29 is 14.6 Å². The van der Waals surface area contributed by atoms with Gasteiger partial charge >= 0.3 is 0 Å². The molecule has 130 valence electrons. The molecule has 4 nitrogen and oxygen atoms in total. The summed E-state index contributed by atoms with van der Waals surface area (Å²) in [6, 6.07) is 15.4. The molecule has 0 heterocycles. The monoisotopic (exact) mass is 349 g/mol. The van der Waals surface area contributed by atoms with Gasteiger partial charge in [0.15, 0.2) is 0 Å². The number of rotatable bonds is 9. The molecule has 0 saturated heterocycles. The molecular weight excluding hydrogens is 326 g/mol. The third kappa shape index (κ3) is 5.41. The Morgan fingerprint density at radius 2 is 1.83 bits per heavy atom. The zero-order valence-corrected chi connectivity index (χ0v) is 14.8. The fourth-order valence-corrected chi connectivity index (χ4v) is 2.61. The molecule has 0 amide bonds. The van der Waals surface area contributed by atoms with Gasteiger partial charge in [-0.25, -0.2) is 0 Å². The molecule has 0 saturated carbocycles. The van der Waals surface area contributed by atoms with Crippen molar-refractivity contribution in [3.63, 3.8) is 0 Å². The fraction of sp³-hybridized carbons (Fsp3) is 0.368. The Hall–Kier alpha value is -1.75. The summed E-state index contributed by atoms with van der Waals surface area (Å²) in [5.74, 6) is 1.42. The van der Waals surface area contributed by atoms with Crippen LogP contribution in [0.25, 0.3) is 0 Å². The normalized spacial score (nSPS) is 13.3. The lowest BCUT2D eigenvalue weighted by atomic mass is 10.0. The maximum Gasteiger partial charge on any atom is 0.138 e. The number of aliphatic hydroxyl groups excluding tert-OH is 1. The van der Waals surface area contributed by atoms with Crippen molar-refractivity contribution in [2.24, 2.45) is 0 Å². The number of hydrogen-bond acceptors (Lipinski definition) is 4. The summed E-state index contributed by atoms with van der Waals surface area (Å²) in [5, 5.41) is 14.0. The highest BCUT2D eigenvalue weighted by atomic mass is 35.5. The Bertz CT molecular complexity index is 618. The predicted molar refractivity (Wildman–Crippen MR) is 97.0 cm³/mol. The standard InChI is InChI=1S/C19H24ClNO3/c1-3-18(14-8-10-16(23-2)11-9-14)21-12-15(22)13-24-19-7-5-4-6-17(19)20/h4-11,15,18,21-22H,3,12-13H2,1-2H3. The van der Waals surface area contributed by atoms with Crippen LogP contribution in [0.3, 0.4) is 0 Å². The maximum absolute atomic E-state index is 10.1. The molecular formula is C19H24ClNO3. The first-order valence-electron chi connectivity index (χ1n) is 8.06. The minimum atomic E-state index is -0.617. The van der Waals surface area contributed by atoms with E-state index in [1.807, 2.05) is 36.4 Å². The molecule has 24 heavy (non-hydrogen) atoms. The number of para-hydroxylation sites is 1. The molecule has 0 fully saturated rings. The molecule has 0 spiro atoms. The van der Waals surface area contributed by atoms with E-state index in [2.05, 4.69) is 12.2 Å². The van der Waals surface area contributed by atoms with Gasteiger partial charge in [0.25, 0.3) is 0 Å². The third-order valence-electron chi connectivity index (χ3n) is 3.79. The quantitative estimate of drug-likeness (QED) is 0.722. The Balaban J connectivity index is 1.82. The van der Waals surface area contributed by atoms with Crippen LogP contribution in [0.1, 0.15) is 24.9 Å². The average Bonchev–Trinajstić information content (AvgIpc) is 2.62. The van der Waals surface area contributed by atoms with Crippen LogP contribution in [0.15, 0.2) is 48.5 Å². The lowest BCUT2D eigenvalue weighted by Gasteiger charge is -2.20. The summed E-state index contributed by atoms with van der Waals surface area (Å²) in [5.41, 5.74) is 1.16. The minimum Gasteiger partial charge on any atom is -0.497 e. The van der Waals surface area contributed by atoms with Gasteiger partial charge in [-0.2, -0.15) is 0 Å². The molecule has 0 aliphatic carbocycles. The third-order valence-corrected chi connectivity index (χ3v) is 4.11. The van der Waals surface area contributed by atoms with Crippen LogP contribution in [-0.2, 0) is 0 Å². The molecule has 0 aromatic heterocycles. The van der Waals surface area contributed by atoms with Gasteiger partial charge in [0.2, 0.25) is 0 Å². The molecule has 5 heteroatoms. The summed E-state index contributed by atoms with van der Waals surface area (Å²) in [4.78, 5) is 0. The van der Waals surface area contributed by atoms with Crippen molar-refractivity contribution >= 4 is 11.6 Å². The van der Waals surface area contributed by atoms with Crippen LogP contribution in [0.5, 0.6) is 11.5 Å². The molecule has 2 unspecified atom stereocenters. The molecule has 0 bridgehead atoms. The molecule has 2 aromatic rings. The van der Waals surface area contributed by atoms with Gasteiger partial charge in [-0.3, -0.25) is 0 Å². The maximum atomic E-state index is 10.1. The van der Waals surface area contributed by atoms with Crippen molar-refractivity contribution in [1.29, 1.82) is 0 Å². The minimum absolute atomic E-state index is 0.172. The van der Waals surface area contributed by atoms with E-state index >= 15 is 0 Å². The van der Waals surface area contributed by atoms with Crippen molar-refractivity contribution in [3.05, 3.63) is 59.1 Å². The Morgan fingerprint density at radius 1 is 1.12 bits per heavy atom. The molecule has 2 N–H and O–H groups in total. The predicted octanol–water partition coefficient (Wildman–Crippen LogP) is 3.83. The Labute approximate surface area is 148 Å². The van der Waals surface area contributed by atoms with Crippen LogP contribution >= 0.6 is 11.6 Å². The van der Waals surface area contributed by atoms with Crippen LogP contribution < -0.4 is 14.8 Å². The average molecular weight is 350 g/mol. The molecule has 0 aliphatic heterocycles. The van der Waals surface area contributed by atoms with E-state index in [1.54, 1.807) is 19.2 Å². The van der Waals surface area contributed by atoms with Crippen molar-refractivity contribution in [2.45, 2.75) is 25.5 Å². The Kier molecular flexibility index (Phi) is 7.37. The second-order valence-electron chi connectivity index (χ2n) is 5.54. The second kappa shape index (κ2) is 9.52. The van der Waals surface area contributed by atoms with Gasteiger partial charge in [0.05, 0.1) is 12.1 Å². The SMILES string of the molecule is CCC(NCC(O)COc1ccccc1Cl)c1ccc(OC)cc1. The summed E-state index contributed by atoms with van der Waals surface area (Å²) in [6.45, 7) is 2.74. The lowest BCUT2D eigenvalue weighted by Crippen LogP contribution is -2.33. The second-order valence-corrected chi connectivity index (χ2v) is 5.94. The smallest absolute Gasteiger partial charge is 0.138 e. The zero-order chi connectivity index (χ0) is 17.4. The lowest BCUT2D eigenvalue weighted by molar-refractivity contribution is 0.103. The van der Waals surface area contributed by atoms with Gasteiger partial charge < -0.3 is 19.9 Å². The number of ether oxygens (including phenoxy) is 2. The molecule has 2 rings (SSSR count). The summed E-state index contributed by atoms with van der Waals surface area (Å²) in [7, 11) is 1.65. The van der Waals surface area contributed by atoms with Gasteiger partial charge in [-0.1, -0.05) is 42.8 Å². The number of benzene rings is 2. The highest BCUT2D eigenvalue weighted by Gasteiger charge is 2.12. The summed E-state index contributed by atoms with van der Waals surface area (Å²) in [6.07, 6.45) is 0.304. The number of aliphatic hydroxyl groups is 1. The number of nitrogens with one attached hydrogen (secondary N) is 1. The van der Waals surface area contributed by atoms with Gasteiger partial charge in [-0.15, -0.1) is 0 Å². The van der Waals surface area contributed by atoms with E-state index < -0.39 is 6.10 Å². The fourth-order valence-electron chi connectivity index (χ4n) is 2.42. The first-order valence-corrected chi connectivity index (χ1v) is 8.44. The van der Waals surface area contributed by atoms with Crippen LogP contribution in [-0.4, -0.2) is 31.5 Å². The number of hydrogen-bond donors (Lipinski definition) is 2. The topological polar surface area (TPSA) is 50.7 Å². The van der Waals surface area contributed by atoms with Gasteiger partial charge in [0, 0.05) is 12.6 Å². The Morgan fingerprint density at radius 3 is 2.46 bits per heavy atom.